The van der Waals surface area contributed by atoms with E-state index in [1.807, 2.05) is 13.0 Å². The minimum atomic E-state index is -0.297. The molecule has 1 amide bonds. The van der Waals surface area contributed by atoms with Crippen LogP contribution in [0.4, 0.5) is 9.52 Å². The Kier molecular flexibility index (Phi) is 5.14. The summed E-state index contributed by atoms with van der Waals surface area (Å²) in [5, 5.41) is 5.91. The molecular weight excluding hydrogens is 391 g/mol. The minimum Gasteiger partial charge on any atom is -0.496 e. The van der Waals surface area contributed by atoms with Crippen molar-refractivity contribution >= 4 is 38.9 Å². The van der Waals surface area contributed by atoms with E-state index < -0.39 is 0 Å². The predicted octanol–water partition coefficient (Wildman–Crippen LogP) is 5.75. The fraction of sp³-hybridized carbons (Fsp3) is 0.0909. The van der Waals surface area contributed by atoms with Gasteiger partial charge in [-0.15, -0.1) is 11.3 Å². The number of benzene rings is 2. The summed E-state index contributed by atoms with van der Waals surface area (Å²) >= 11 is 1.35. The molecule has 2 heterocycles. The van der Waals surface area contributed by atoms with Crippen LogP contribution in [0.15, 0.2) is 64.7 Å². The SMILES string of the molecule is COc1cc2occ(-c3ccc(F)cc3)c2cc1/C(C)=C/C(=O)Nc1nccs1. The Labute approximate surface area is 170 Å². The first kappa shape index (κ1) is 18.9. The number of ether oxygens (including phenoxy) is 1. The van der Waals surface area contributed by atoms with Gasteiger partial charge in [0.05, 0.1) is 13.4 Å². The van der Waals surface area contributed by atoms with Gasteiger partial charge in [-0.05, 0) is 36.3 Å². The zero-order chi connectivity index (χ0) is 20.4. The summed E-state index contributed by atoms with van der Waals surface area (Å²) in [6, 6.07) is 9.92. The number of furan rings is 1. The molecule has 146 valence electrons. The number of methoxy groups -OCH3 is 1. The molecule has 0 bridgehead atoms. The van der Waals surface area contributed by atoms with E-state index in [1.54, 1.807) is 43.1 Å². The van der Waals surface area contributed by atoms with Gasteiger partial charge in [-0.3, -0.25) is 10.1 Å². The third kappa shape index (κ3) is 3.90. The normalized spacial score (nSPS) is 11.6. The van der Waals surface area contributed by atoms with Crippen LogP contribution < -0.4 is 10.1 Å². The number of rotatable bonds is 5. The van der Waals surface area contributed by atoms with Crippen molar-refractivity contribution in [2.24, 2.45) is 0 Å². The van der Waals surface area contributed by atoms with Crippen molar-refractivity contribution in [3.63, 3.8) is 0 Å². The van der Waals surface area contributed by atoms with Crippen LogP contribution in [0.5, 0.6) is 5.75 Å². The maximum atomic E-state index is 13.3. The van der Waals surface area contributed by atoms with Gasteiger partial charge in [0.1, 0.15) is 17.1 Å². The molecule has 0 aliphatic carbocycles. The Morgan fingerprint density at radius 2 is 2.07 bits per heavy atom. The van der Waals surface area contributed by atoms with Crippen LogP contribution in [-0.4, -0.2) is 18.0 Å². The van der Waals surface area contributed by atoms with Gasteiger partial charge in [0.15, 0.2) is 5.13 Å². The largest absolute Gasteiger partial charge is 0.496 e. The highest BCUT2D eigenvalue weighted by Gasteiger charge is 2.15. The fourth-order valence-corrected chi connectivity index (χ4v) is 3.62. The zero-order valence-electron chi connectivity index (χ0n) is 15.7. The minimum absolute atomic E-state index is 0.273. The first-order valence-electron chi connectivity index (χ1n) is 8.79. The van der Waals surface area contributed by atoms with Crippen molar-refractivity contribution < 1.29 is 18.3 Å². The van der Waals surface area contributed by atoms with Crippen molar-refractivity contribution in [1.82, 2.24) is 4.98 Å². The summed E-state index contributed by atoms with van der Waals surface area (Å²) in [5.74, 6) is 0.0211. The molecule has 1 N–H and O–H groups in total. The number of anilines is 1. The predicted molar refractivity (Wildman–Crippen MR) is 113 cm³/mol. The monoisotopic (exact) mass is 408 g/mol. The smallest absolute Gasteiger partial charge is 0.250 e. The van der Waals surface area contributed by atoms with Gasteiger partial charge in [-0.1, -0.05) is 12.1 Å². The molecule has 2 aromatic carbocycles. The lowest BCUT2D eigenvalue weighted by Gasteiger charge is -2.10. The number of amides is 1. The Balaban J connectivity index is 1.74. The van der Waals surface area contributed by atoms with Crippen LogP contribution in [0, 0.1) is 5.82 Å². The second-order valence-electron chi connectivity index (χ2n) is 6.36. The molecule has 0 unspecified atom stereocenters. The first-order valence-corrected chi connectivity index (χ1v) is 9.67. The van der Waals surface area contributed by atoms with Gasteiger partial charge >= 0.3 is 0 Å². The van der Waals surface area contributed by atoms with Crippen LogP contribution in [-0.2, 0) is 4.79 Å². The molecule has 0 atom stereocenters. The third-order valence-corrected chi connectivity index (χ3v) is 5.17. The highest BCUT2D eigenvalue weighted by molar-refractivity contribution is 7.13. The van der Waals surface area contributed by atoms with Crippen molar-refractivity contribution in [1.29, 1.82) is 0 Å². The topological polar surface area (TPSA) is 64.4 Å². The summed E-state index contributed by atoms with van der Waals surface area (Å²) in [4.78, 5) is 16.4. The molecule has 7 heteroatoms. The molecular formula is C22H17FN2O3S. The maximum absolute atomic E-state index is 13.3. The highest BCUT2D eigenvalue weighted by Crippen LogP contribution is 2.37. The second kappa shape index (κ2) is 7.89. The number of aromatic nitrogens is 1. The van der Waals surface area contributed by atoms with Crippen molar-refractivity contribution in [2.45, 2.75) is 6.92 Å². The van der Waals surface area contributed by atoms with Crippen molar-refractivity contribution in [2.75, 3.05) is 12.4 Å². The van der Waals surface area contributed by atoms with Crippen LogP contribution in [0.1, 0.15) is 12.5 Å². The standard InChI is InChI=1S/C22H17FN2O3S/c1-13(9-21(26)25-22-24-7-8-29-22)16-10-17-18(14-3-5-15(23)6-4-14)12-28-20(17)11-19(16)27-2/h3-12H,1-2H3,(H,24,25,26)/b13-9+. The number of thiazole rings is 1. The fourth-order valence-electron chi connectivity index (χ4n) is 3.09. The number of allylic oxidation sites excluding steroid dienone is 1. The van der Waals surface area contributed by atoms with Gasteiger partial charge in [0.2, 0.25) is 5.91 Å². The number of nitrogens with one attached hydrogen (secondary N) is 1. The number of halogens is 1. The second-order valence-corrected chi connectivity index (χ2v) is 7.25. The Hall–Kier alpha value is -3.45. The molecule has 0 radical (unpaired) electrons. The average molecular weight is 408 g/mol. The van der Waals surface area contributed by atoms with Gasteiger partial charge in [0.25, 0.3) is 0 Å². The molecule has 4 rings (SSSR count). The summed E-state index contributed by atoms with van der Waals surface area (Å²) in [6.07, 6.45) is 4.77. The molecule has 0 aliphatic rings. The summed E-state index contributed by atoms with van der Waals surface area (Å²) in [6.45, 7) is 1.84. The van der Waals surface area contributed by atoms with Crippen LogP contribution in [0.25, 0.3) is 27.7 Å². The Morgan fingerprint density at radius 1 is 1.28 bits per heavy atom. The van der Waals surface area contributed by atoms with Crippen molar-refractivity contribution in [3.05, 3.63) is 71.7 Å². The van der Waals surface area contributed by atoms with Crippen molar-refractivity contribution in [3.8, 4) is 16.9 Å². The van der Waals surface area contributed by atoms with Gasteiger partial charge < -0.3 is 9.15 Å². The molecule has 0 saturated heterocycles. The van der Waals surface area contributed by atoms with Crippen LogP contribution in [0.2, 0.25) is 0 Å². The van der Waals surface area contributed by atoms with Gasteiger partial charge in [-0.2, -0.15) is 0 Å². The molecule has 0 aliphatic heterocycles. The number of fused-ring (bicyclic) bond motifs is 1. The van der Waals surface area contributed by atoms with E-state index in [9.17, 15) is 9.18 Å². The summed E-state index contributed by atoms with van der Waals surface area (Å²) in [7, 11) is 1.57. The lowest BCUT2D eigenvalue weighted by atomic mass is 9.99. The molecule has 2 aromatic heterocycles. The van der Waals surface area contributed by atoms with E-state index >= 15 is 0 Å². The van der Waals surface area contributed by atoms with Gasteiger partial charge in [0, 0.05) is 40.2 Å². The molecule has 4 aromatic rings. The lowest BCUT2D eigenvalue weighted by Crippen LogP contribution is -2.08. The van der Waals surface area contributed by atoms with Crippen LogP contribution in [0.3, 0.4) is 0 Å². The summed E-state index contributed by atoms with van der Waals surface area (Å²) < 4.78 is 24.5. The molecule has 0 saturated carbocycles. The Morgan fingerprint density at radius 3 is 2.76 bits per heavy atom. The number of carbonyl (C=O) groups is 1. The molecule has 0 spiro atoms. The van der Waals surface area contributed by atoms with Gasteiger partial charge in [-0.25, -0.2) is 9.37 Å². The van der Waals surface area contributed by atoms with E-state index in [4.69, 9.17) is 9.15 Å². The Bertz CT molecular complexity index is 1200. The number of nitrogens with zero attached hydrogens (tertiary/aromatic N) is 1. The zero-order valence-corrected chi connectivity index (χ0v) is 16.5. The number of hydrogen-bond acceptors (Lipinski definition) is 5. The maximum Gasteiger partial charge on any atom is 0.250 e. The lowest BCUT2D eigenvalue weighted by molar-refractivity contribution is -0.111. The number of hydrogen-bond donors (Lipinski definition) is 1. The van der Waals surface area contributed by atoms with Crippen LogP contribution >= 0.6 is 11.3 Å². The molecule has 5 nitrogen and oxygen atoms in total. The quantitative estimate of drug-likeness (QED) is 0.427. The number of carbonyl (C=O) groups excluding carboxylic acids is 1. The third-order valence-electron chi connectivity index (χ3n) is 4.49. The van der Waals surface area contributed by atoms with E-state index in [0.717, 1.165) is 27.6 Å². The van der Waals surface area contributed by atoms with E-state index in [-0.39, 0.29) is 11.7 Å². The van der Waals surface area contributed by atoms with E-state index in [1.165, 1.54) is 29.5 Å². The summed E-state index contributed by atoms with van der Waals surface area (Å²) in [5.41, 5.74) is 3.81. The molecule has 29 heavy (non-hydrogen) atoms. The first-order chi connectivity index (χ1) is 14.0. The van der Waals surface area contributed by atoms with E-state index in [2.05, 4.69) is 10.3 Å². The average Bonchev–Trinajstić information content (AvgIpc) is 3.36. The molecule has 0 fully saturated rings. The van der Waals surface area contributed by atoms with E-state index in [0.29, 0.717) is 16.5 Å². The highest BCUT2D eigenvalue weighted by atomic mass is 32.1.